The third-order valence-electron chi connectivity index (χ3n) is 2.12. The van der Waals surface area contributed by atoms with Crippen LogP contribution in [0.1, 0.15) is 6.92 Å². The molecule has 124 valence electrons. The van der Waals surface area contributed by atoms with Crippen LogP contribution in [0.25, 0.3) is 0 Å². The van der Waals surface area contributed by atoms with Crippen LogP contribution >= 0.6 is 7.82 Å². The maximum absolute atomic E-state index is 12.4. The van der Waals surface area contributed by atoms with Crippen molar-refractivity contribution < 1.29 is 54.1 Å². The van der Waals surface area contributed by atoms with Crippen molar-refractivity contribution in [1.29, 1.82) is 0 Å². The van der Waals surface area contributed by atoms with Gasteiger partial charge in [-0.3, -0.25) is 23.2 Å². The molecule has 0 aliphatic carbocycles. The minimum atomic E-state index is -5.86. The van der Waals surface area contributed by atoms with Crippen molar-refractivity contribution in [3.63, 3.8) is 0 Å². The molecule has 0 saturated heterocycles. The number of ketones is 2. The van der Waals surface area contributed by atoms with E-state index in [0.29, 0.717) is 14.2 Å². The first-order chi connectivity index (χ1) is 9.14. The summed E-state index contributed by atoms with van der Waals surface area (Å²) in [6, 6.07) is 0. The van der Waals surface area contributed by atoms with Gasteiger partial charge in [-0.1, -0.05) is 0 Å². The molecule has 13 heteroatoms. The molecule has 21 heavy (non-hydrogen) atoms. The van der Waals surface area contributed by atoms with Gasteiger partial charge in [0.2, 0.25) is 5.60 Å². The molecule has 0 amide bonds. The summed E-state index contributed by atoms with van der Waals surface area (Å²) in [5.74, 6) is -6.40. The van der Waals surface area contributed by atoms with E-state index < -0.39 is 37.3 Å². The number of alkyl halides is 6. The van der Waals surface area contributed by atoms with Crippen molar-refractivity contribution in [2.45, 2.75) is 24.9 Å². The maximum atomic E-state index is 12.4. The van der Waals surface area contributed by atoms with Crippen molar-refractivity contribution in [2.75, 3.05) is 14.2 Å². The highest BCUT2D eigenvalue weighted by atomic mass is 31.2. The van der Waals surface area contributed by atoms with Gasteiger partial charge in [0.1, 0.15) is 0 Å². The number of Topliss-reactive ketones (excluding diaryl/α,β-unsaturated/α-hetero) is 2. The molecule has 0 bridgehead atoms. The van der Waals surface area contributed by atoms with E-state index in [1.54, 1.807) is 0 Å². The SMILES string of the molecule is COP(=O)(OC)OC(C)(C(=O)C(F)(F)F)C(=O)C(F)(F)F. The van der Waals surface area contributed by atoms with Crippen LogP contribution in [0.4, 0.5) is 26.3 Å². The van der Waals surface area contributed by atoms with Crippen LogP contribution in [0.15, 0.2) is 0 Å². The Kier molecular flexibility index (Phi) is 5.75. The summed E-state index contributed by atoms with van der Waals surface area (Å²) in [6.45, 7) is -0.122. The summed E-state index contributed by atoms with van der Waals surface area (Å²) in [6.07, 6.45) is -11.7. The molecule has 0 atom stereocenters. The van der Waals surface area contributed by atoms with E-state index in [2.05, 4.69) is 13.6 Å². The number of hydrogen-bond acceptors (Lipinski definition) is 6. The molecule has 0 aromatic heterocycles. The summed E-state index contributed by atoms with van der Waals surface area (Å²) in [5, 5.41) is 0. The molecule has 6 nitrogen and oxygen atoms in total. The van der Waals surface area contributed by atoms with Gasteiger partial charge >= 0.3 is 20.2 Å². The second-order valence-corrected chi connectivity index (χ2v) is 5.40. The lowest BCUT2D eigenvalue weighted by Gasteiger charge is -2.30. The quantitative estimate of drug-likeness (QED) is 0.418. The minimum Gasteiger partial charge on any atom is -0.290 e. The third-order valence-corrected chi connectivity index (χ3v) is 3.61. The highest BCUT2D eigenvalue weighted by molar-refractivity contribution is 7.48. The molecule has 0 heterocycles. The first-order valence-corrected chi connectivity index (χ1v) is 6.25. The van der Waals surface area contributed by atoms with E-state index in [9.17, 15) is 40.5 Å². The van der Waals surface area contributed by atoms with Crippen LogP contribution in [-0.4, -0.2) is 43.7 Å². The standard InChI is InChI=1S/C8H9F6O6P/c1-6(4(15)7(9,10)11,5(16)8(12,13)14)20-21(17,18-2)19-3/h1-3H3. The molecule has 0 unspecified atom stereocenters. The van der Waals surface area contributed by atoms with Gasteiger partial charge in [-0.05, 0) is 6.92 Å². The number of hydrogen-bond donors (Lipinski definition) is 0. The molecule has 0 aromatic carbocycles. The summed E-state index contributed by atoms with van der Waals surface area (Å²) in [7, 11) is -3.85. The lowest BCUT2D eigenvalue weighted by Crippen LogP contribution is -2.56. The second-order valence-electron chi connectivity index (χ2n) is 3.59. The topological polar surface area (TPSA) is 78.9 Å². The number of phosphoric acid groups is 1. The molecule has 0 spiro atoms. The highest BCUT2D eigenvalue weighted by Crippen LogP contribution is 2.53. The molecule has 0 saturated carbocycles. The van der Waals surface area contributed by atoms with Crippen molar-refractivity contribution in [2.24, 2.45) is 0 Å². The zero-order valence-corrected chi connectivity index (χ0v) is 11.6. The number of carbonyl (C=O) groups is 2. The van der Waals surface area contributed by atoms with E-state index in [0.717, 1.165) is 0 Å². The fourth-order valence-corrected chi connectivity index (χ4v) is 2.01. The predicted octanol–water partition coefficient (Wildman–Crippen LogP) is 2.43. The molecule has 0 aliphatic rings. The van der Waals surface area contributed by atoms with Gasteiger partial charge in [-0.2, -0.15) is 26.3 Å². The average Bonchev–Trinajstić information content (AvgIpc) is 2.34. The summed E-state index contributed by atoms with van der Waals surface area (Å²) >= 11 is 0. The van der Waals surface area contributed by atoms with E-state index >= 15 is 0 Å². The van der Waals surface area contributed by atoms with E-state index in [1.165, 1.54) is 0 Å². The lowest BCUT2D eigenvalue weighted by molar-refractivity contribution is -0.204. The Hall–Kier alpha value is -0.970. The fourth-order valence-electron chi connectivity index (χ4n) is 1.10. The minimum absolute atomic E-state index is 0.122. The Morgan fingerprint density at radius 3 is 1.33 bits per heavy atom. The molecule has 0 radical (unpaired) electrons. The molecular weight excluding hydrogens is 337 g/mol. The molecule has 0 N–H and O–H groups in total. The van der Waals surface area contributed by atoms with Crippen molar-refractivity contribution in [3.8, 4) is 0 Å². The van der Waals surface area contributed by atoms with Crippen molar-refractivity contribution >= 4 is 19.4 Å². The Labute approximate surface area is 114 Å². The predicted molar refractivity (Wildman–Crippen MR) is 53.2 cm³/mol. The Morgan fingerprint density at radius 2 is 1.14 bits per heavy atom. The summed E-state index contributed by atoms with van der Waals surface area (Å²) in [4.78, 5) is 22.2. The van der Waals surface area contributed by atoms with Gasteiger partial charge in [0.05, 0.1) is 0 Å². The monoisotopic (exact) mass is 346 g/mol. The summed E-state index contributed by atoms with van der Waals surface area (Å²) < 4.78 is 97.5. The Bertz CT molecular complexity index is 435. The first-order valence-electron chi connectivity index (χ1n) is 4.79. The zero-order chi connectivity index (χ0) is 17.3. The Balaban J connectivity index is 5.98. The summed E-state index contributed by atoms with van der Waals surface area (Å²) in [5.41, 5.74) is -4.17. The molecule has 0 aromatic rings. The largest absolute Gasteiger partial charge is 0.475 e. The Morgan fingerprint density at radius 1 is 0.857 bits per heavy atom. The van der Waals surface area contributed by atoms with Gasteiger partial charge in [0.25, 0.3) is 11.6 Å². The maximum Gasteiger partial charge on any atom is 0.475 e. The van der Waals surface area contributed by atoms with Crippen LogP contribution in [-0.2, 0) is 27.7 Å². The van der Waals surface area contributed by atoms with Crippen molar-refractivity contribution in [3.05, 3.63) is 0 Å². The average molecular weight is 346 g/mol. The van der Waals surface area contributed by atoms with E-state index in [4.69, 9.17) is 0 Å². The van der Waals surface area contributed by atoms with Gasteiger partial charge in [0.15, 0.2) is 0 Å². The highest BCUT2D eigenvalue weighted by Gasteiger charge is 2.64. The lowest BCUT2D eigenvalue weighted by atomic mass is 9.94. The van der Waals surface area contributed by atoms with Crippen LogP contribution in [0, 0.1) is 0 Å². The molecular formula is C8H9F6O6P. The fraction of sp³-hybridized carbons (Fsp3) is 0.750. The number of rotatable bonds is 6. The molecule has 0 rings (SSSR count). The van der Waals surface area contributed by atoms with E-state index in [-0.39, 0.29) is 6.92 Å². The van der Waals surface area contributed by atoms with Crippen LogP contribution in [0.2, 0.25) is 0 Å². The van der Waals surface area contributed by atoms with Gasteiger partial charge < -0.3 is 0 Å². The molecule has 0 aliphatic heterocycles. The van der Waals surface area contributed by atoms with Crippen LogP contribution < -0.4 is 0 Å². The smallest absolute Gasteiger partial charge is 0.290 e. The normalized spacial score (nSPS) is 14.1. The molecule has 0 fully saturated rings. The number of phosphoric ester groups is 1. The zero-order valence-electron chi connectivity index (χ0n) is 10.7. The van der Waals surface area contributed by atoms with Crippen LogP contribution in [0.5, 0.6) is 0 Å². The first kappa shape index (κ1) is 20.0. The van der Waals surface area contributed by atoms with Gasteiger partial charge in [-0.15, -0.1) is 0 Å². The van der Waals surface area contributed by atoms with Gasteiger partial charge in [0, 0.05) is 14.2 Å². The third kappa shape index (κ3) is 4.50. The van der Waals surface area contributed by atoms with Gasteiger partial charge in [-0.25, -0.2) is 4.57 Å². The van der Waals surface area contributed by atoms with Crippen LogP contribution in [0.3, 0.4) is 0 Å². The number of carbonyl (C=O) groups excluding carboxylic acids is 2. The number of halogens is 6. The van der Waals surface area contributed by atoms with Crippen molar-refractivity contribution in [1.82, 2.24) is 0 Å². The van der Waals surface area contributed by atoms with E-state index in [1.807, 2.05) is 0 Å². The second kappa shape index (κ2) is 6.03.